The van der Waals surface area contributed by atoms with Crippen molar-refractivity contribution in [1.29, 1.82) is 0 Å². The van der Waals surface area contributed by atoms with Crippen LogP contribution in [0.5, 0.6) is 0 Å². The van der Waals surface area contributed by atoms with Crippen molar-refractivity contribution in [3.63, 3.8) is 0 Å². The second kappa shape index (κ2) is 9.30. The molecule has 7 heteroatoms. The van der Waals surface area contributed by atoms with E-state index in [4.69, 9.17) is 16.2 Å². The number of amides is 1. The van der Waals surface area contributed by atoms with Crippen LogP contribution in [0.2, 0.25) is 0 Å². The Balaban J connectivity index is 1.28. The Hall–Kier alpha value is -3.55. The average molecular weight is 434 g/mol. The summed E-state index contributed by atoms with van der Waals surface area (Å²) in [6.45, 7) is 0.370. The van der Waals surface area contributed by atoms with Crippen LogP contribution in [0.3, 0.4) is 0 Å². The third kappa shape index (κ3) is 4.39. The molecule has 1 aliphatic rings. The largest absolute Gasteiger partial charge is 0.449 e. The van der Waals surface area contributed by atoms with E-state index >= 15 is 0 Å². The molecule has 0 aliphatic heterocycles. The van der Waals surface area contributed by atoms with Crippen LogP contribution in [0.1, 0.15) is 35.1 Å². The van der Waals surface area contributed by atoms with E-state index in [1.54, 1.807) is 12.1 Å². The van der Waals surface area contributed by atoms with Crippen LogP contribution in [0.25, 0.3) is 11.1 Å². The molecule has 2 atom stereocenters. The minimum absolute atomic E-state index is 0.0171. The molecule has 0 saturated carbocycles. The molecule has 166 valence electrons. The number of aliphatic hydroxyl groups excluding tert-OH is 2. The summed E-state index contributed by atoms with van der Waals surface area (Å²) >= 11 is 0. The van der Waals surface area contributed by atoms with E-state index in [9.17, 15) is 15.0 Å². The van der Waals surface area contributed by atoms with Crippen molar-refractivity contribution in [2.24, 2.45) is 0 Å². The third-order valence-electron chi connectivity index (χ3n) is 5.87. The second-order valence-electron chi connectivity index (χ2n) is 7.94. The molecular formula is C25H27N3O4. The lowest BCUT2D eigenvalue weighted by atomic mass is 9.98. The zero-order valence-corrected chi connectivity index (χ0v) is 17.6. The number of benzene rings is 3. The van der Waals surface area contributed by atoms with Gasteiger partial charge in [0.25, 0.3) is 0 Å². The quantitative estimate of drug-likeness (QED) is 0.364. The second-order valence-corrected chi connectivity index (χ2v) is 7.94. The molecule has 32 heavy (non-hydrogen) atoms. The number of nitrogens with one attached hydrogen (secondary N) is 1. The average Bonchev–Trinajstić information content (AvgIpc) is 3.12. The summed E-state index contributed by atoms with van der Waals surface area (Å²) in [7, 11) is 0. The summed E-state index contributed by atoms with van der Waals surface area (Å²) in [5, 5.41) is 23.2. The number of rotatable bonds is 7. The molecule has 4 rings (SSSR count). The molecule has 0 bridgehead atoms. The number of anilines is 2. The number of aliphatic hydroxyl groups is 2. The first-order chi connectivity index (χ1) is 15.5. The monoisotopic (exact) mass is 433 g/mol. The van der Waals surface area contributed by atoms with Gasteiger partial charge in [-0.3, -0.25) is 0 Å². The van der Waals surface area contributed by atoms with Crippen molar-refractivity contribution in [2.45, 2.75) is 24.5 Å². The van der Waals surface area contributed by atoms with Gasteiger partial charge >= 0.3 is 6.09 Å². The van der Waals surface area contributed by atoms with Gasteiger partial charge in [0.2, 0.25) is 0 Å². The van der Waals surface area contributed by atoms with Gasteiger partial charge in [-0.1, -0.05) is 54.6 Å². The van der Waals surface area contributed by atoms with Gasteiger partial charge in [0.05, 0.1) is 17.5 Å². The van der Waals surface area contributed by atoms with Crippen LogP contribution in [0.4, 0.5) is 16.2 Å². The molecule has 0 radical (unpaired) electrons. The van der Waals surface area contributed by atoms with Crippen molar-refractivity contribution in [3.05, 3.63) is 83.4 Å². The summed E-state index contributed by atoms with van der Waals surface area (Å²) in [6, 6.07) is 21.0. The molecule has 2 unspecified atom stereocenters. The number of nitrogens with two attached hydrogens (primary N) is 2. The Bertz CT molecular complexity index is 1070. The smallest absolute Gasteiger partial charge is 0.407 e. The molecule has 3 aromatic carbocycles. The van der Waals surface area contributed by atoms with Gasteiger partial charge in [-0.05, 0) is 46.4 Å². The number of carbonyl (C=O) groups is 1. The number of hydrogen-bond acceptors (Lipinski definition) is 6. The molecule has 0 saturated heterocycles. The summed E-state index contributed by atoms with van der Waals surface area (Å²) < 4.78 is 5.47. The zero-order chi connectivity index (χ0) is 22.7. The third-order valence-corrected chi connectivity index (χ3v) is 5.87. The maximum atomic E-state index is 12.2. The van der Waals surface area contributed by atoms with E-state index in [1.165, 1.54) is 6.07 Å². The first-order valence-corrected chi connectivity index (χ1v) is 10.6. The number of hydrogen-bond donors (Lipinski definition) is 5. The van der Waals surface area contributed by atoms with Crippen molar-refractivity contribution in [2.75, 3.05) is 24.6 Å². The van der Waals surface area contributed by atoms with Crippen LogP contribution >= 0.6 is 0 Å². The number of carbonyl (C=O) groups excluding carboxylic acids is 1. The number of alkyl carbamates (subject to hydrolysis) is 1. The highest BCUT2D eigenvalue weighted by molar-refractivity contribution is 5.79. The normalized spacial score (nSPS) is 14.3. The van der Waals surface area contributed by atoms with Crippen molar-refractivity contribution in [3.8, 4) is 11.1 Å². The van der Waals surface area contributed by atoms with Crippen LogP contribution in [-0.4, -0.2) is 35.6 Å². The van der Waals surface area contributed by atoms with E-state index in [0.717, 1.165) is 22.3 Å². The van der Waals surface area contributed by atoms with Crippen molar-refractivity contribution >= 4 is 17.5 Å². The summed E-state index contributed by atoms with van der Waals surface area (Å²) in [4.78, 5) is 12.2. The Kier molecular flexibility index (Phi) is 6.30. The molecule has 1 amide bonds. The van der Waals surface area contributed by atoms with E-state index < -0.39 is 18.3 Å². The van der Waals surface area contributed by atoms with Crippen molar-refractivity contribution in [1.82, 2.24) is 5.32 Å². The lowest BCUT2D eigenvalue weighted by Crippen LogP contribution is -2.30. The Morgan fingerprint density at radius 1 is 0.938 bits per heavy atom. The number of ether oxygens (including phenoxy) is 1. The van der Waals surface area contributed by atoms with Gasteiger partial charge in [0.15, 0.2) is 0 Å². The Labute approximate surface area is 186 Å². The van der Waals surface area contributed by atoms with Gasteiger partial charge < -0.3 is 31.7 Å². The fourth-order valence-corrected chi connectivity index (χ4v) is 4.13. The van der Waals surface area contributed by atoms with Crippen LogP contribution in [0.15, 0.2) is 66.7 Å². The first kappa shape index (κ1) is 21.7. The van der Waals surface area contributed by atoms with Crippen LogP contribution in [-0.2, 0) is 4.74 Å². The zero-order valence-electron chi connectivity index (χ0n) is 17.6. The van der Waals surface area contributed by atoms with Crippen LogP contribution in [0, 0.1) is 0 Å². The maximum Gasteiger partial charge on any atom is 0.407 e. The minimum Gasteiger partial charge on any atom is -0.449 e. The summed E-state index contributed by atoms with van der Waals surface area (Å²) in [6.07, 6.45) is -2.63. The number of nitrogen functional groups attached to an aromatic ring is 2. The molecule has 3 aromatic rings. The molecule has 7 N–H and O–H groups in total. The first-order valence-electron chi connectivity index (χ1n) is 10.6. The van der Waals surface area contributed by atoms with Gasteiger partial charge in [0, 0.05) is 12.5 Å². The topological polar surface area (TPSA) is 131 Å². The van der Waals surface area contributed by atoms with E-state index in [0.29, 0.717) is 16.9 Å². The maximum absolute atomic E-state index is 12.2. The van der Waals surface area contributed by atoms with Gasteiger partial charge in [-0.25, -0.2) is 4.79 Å². The highest BCUT2D eigenvalue weighted by Crippen LogP contribution is 2.44. The van der Waals surface area contributed by atoms with Gasteiger partial charge in [-0.15, -0.1) is 0 Å². The van der Waals surface area contributed by atoms with Crippen LogP contribution < -0.4 is 16.8 Å². The molecule has 0 heterocycles. The molecule has 0 spiro atoms. The van der Waals surface area contributed by atoms with Gasteiger partial charge in [-0.2, -0.15) is 0 Å². The van der Waals surface area contributed by atoms with E-state index in [-0.39, 0.29) is 25.5 Å². The molecular weight excluding hydrogens is 406 g/mol. The van der Waals surface area contributed by atoms with Gasteiger partial charge in [0.1, 0.15) is 12.7 Å². The fraction of sp³-hybridized carbons (Fsp3) is 0.240. The predicted molar refractivity (Wildman–Crippen MR) is 124 cm³/mol. The molecule has 7 nitrogen and oxygen atoms in total. The molecule has 0 aromatic heterocycles. The Morgan fingerprint density at radius 3 is 2.19 bits per heavy atom. The SMILES string of the molecule is Nc1ccc(C(O)C(O)CCNC(=O)OCC2c3ccccc3-c3ccccc32)cc1N. The molecule has 0 fully saturated rings. The fourth-order valence-electron chi connectivity index (χ4n) is 4.13. The standard InChI is InChI=1S/C25H27N3O4/c26-21-10-9-15(13-22(21)27)24(30)23(29)11-12-28-25(31)32-14-20-18-7-3-1-5-16(18)17-6-2-4-8-19(17)20/h1-10,13,20,23-24,29-30H,11-12,14,26-27H2,(H,28,31). The summed E-state index contributed by atoms with van der Waals surface area (Å²) in [5.74, 6) is -0.0171. The lowest BCUT2D eigenvalue weighted by Gasteiger charge is -2.19. The number of fused-ring (bicyclic) bond motifs is 3. The minimum atomic E-state index is -1.14. The predicted octanol–water partition coefficient (Wildman–Crippen LogP) is 3.17. The molecule has 1 aliphatic carbocycles. The highest BCUT2D eigenvalue weighted by Gasteiger charge is 2.29. The summed E-state index contributed by atoms with van der Waals surface area (Å²) in [5.41, 5.74) is 17.2. The van der Waals surface area contributed by atoms with E-state index in [1.807, 2.05) is 24.3 Å². The van der Waals surface area contributed by atoms with Crippen molar-refractivity contribution < 1.29 is 19.7 Å². The highest BCUT2D eigenvalue weighted by atomic mass is 16.5. The van der Waals surface area contributed by atoms with E-state index in [2.05, 4.69) is 29.6 Å². The Morgan fingerprint density at radius 2 is 1.56 bits per heavy atom. The lowest BCUT2D eigenvalue weighted by molar-refractivity contribution is 0.0137.